The fourth-order valence-corrected chi connectivity index (χ4v) is 2.83. The molecule has 0 saturated heterocycles. The minimum absolute atomic E-state index is 0.729. The molecule has 23 heavy (non-hydrogen) atoms. The fraction of sp³-hybridized carbons (Fsp3) is 0.316. The fourth-order valence-electron chi connectivity index (χ4n) is 2.83. The van der Waals surface area contributed by atoms with Crippen LogP contribution in [-0.4, -0.2) is 25.2 Å². The van der Waals surface area contributed by atoms with Crippen LogP contribution in [0.5, 0.6) is 5.75 Å². The van der Waals surface area contributed by atoms with Crippen molar-refractivity contribution in [2.75, 3.05) is 25.5 Å². The van der Waals surface area contributed by atoms with Gasteiger partial charge in [-0.25, -0.2) is 4.98 Å². The molecule has 0 bridgehead atoms. The Morgan fingerprint density at radius 2 is 1.91 bits per heavy atom. The summed E-state index contributed by atoms with van der Waals surface area (Å²) in [4.78, 5) is 4.80. The molecule has 0 fully saturated rings. The van der Waals surface area contributed by atoms with Crippen molar-refractivity contribution in [3.8, 4) is 5.75 Å². The van der Waals surface area contributed by atoms with Crippen molar-refractivity contribution in [1.82, 2.24) is 4.98 Å². The Morgan fingerprint density at radius 3 is 2.70 bits per heavy atom. The smallest absolute Gasteiger partial charge is 0.119 e. The first-order valence-corrected chi connectivity index (χ1v) is 8.05. The van der Waals surface area contributed by atoms with Crippen molar-refractivity contribution in [3.63, 3.8) is 0 Å². The molecular formula is C19H23N3O. The van der Waals surface area contributed by atoms with Gasteiger partial charge in [-0.3, -0.25) is 0 Å². The number of rotatable bonds is 6. The third kappa shape index (κ3) is 3.22. The number of aryl methyl sites for hydroxylation is 1. The molecule has 0 unspecified atom stereocenters. The van der Waals surface area contributed by atoms with E-state index < -0.39 is 0 Å². The molecule has 0 saturated carbocycles. The minimum Gasteiger partial charge on any atom is -0.497 e. The molecule has 1 aromatic heterocycles. The Kier molecular flexibility index (Phi) is 4.63. The van der Waals surface area contributed by atoms with Crippen LogP contribution in [0.3, 0.4) is 0 Å². The molecule has 1 heterocycles. The van der Waals surface area contributed by atoms with E-state index in [1.54, 1.807) is 7.11 Å². The van der Waals surface area contributed by atoms with Crippen LogP contribution in [0.2, 0.25) is 0 Å². The van der Waals surface area contributed by atoms with Crippen LogP contribution < -0.4 is 15.8 Å². The number of methoxy groups -OCH3 is 1. The molecule has 0 aliphatic rings. The van der Waals surface area contributed by atoms with Crippen molar-refractivity contribution in [2.24, 2.45) is 5.73 Å². The van der Waals surface area contributed by atoms with Crippen LogP contribution in [0.25, 0.3) is 21.8 Å². The summed E-state index contributed by atoms with van der Waals surface area (Å²) in [6, 6.07) is 12.4. The third-order valence-electron chi connectivity index (χ3n) is 4.07. The molecule has 3 rings (SSSR count). The van der Waals surface area contributed by atoms with Gasteiger partial charge in [0.15, 0.2) is 0 Å². The van der Waals surface area contributed by atoms with Crippen molar-refractivity contribution in [2.45, 2.75) is 19.8 Å². The van der Waals surface area contributed by atoms with Gasteiger partial charge in [0.05, 0.1) is 23.8 Å². The molecule has 4 heteroatoms. The predicted octanol–water partition coefficient (Wildman–Crippen LogP) is 3.86. The van der Waals surface area contributed by atoms with Crippen molar-refractivity contribution in [3.05, 3.63) is 42.0 Å². The number of pyridine rings is 1. The van der Waals surface area contributed by atoms with E-state index in [0.29, 0.717) is 0 Å². The number of aromatic nitrogens is 1. The molecule has 120 valence electrons. The zero-order chi connectivity index (χ0) is 16.2. The van der Waals surface area contributed by atoms with Crippen molar-refractivity contribution in [1.29, 1.82) is 0 Å². The number of nitrogens with one attached hydrogen (secondary N) is 1. The number of nitrogens with two attached hydrogens (primary N) is 1. The average Bonchev–Trinajstić information content (AvgIpc) is 2.57. The summed E-state index contributed by atoms with van der Waals surface area (Å²) in [5.41, 5.74) is 9.92. The minimum atomic E-state index is 0.729. The summed E-state index contributed by atoms with van der Waals surface area (Å²) in [5, 5.41) is 5.82. The number of hydrogen-bond acceptors (Lipinski definition) is 4. The summed E-state index contributed by atoms with van der Waals surface area (Å²) in [5.74, 6) is 0.843. The van der Waals surface area contributed by atoms with E-state index in [9.17, 15) is 0 Å². The summed E-state index contributed by atoms with van der Waals surface area (Å²) in [6.07, 6.45) is 2.08. The summed E-state index contributed by atoms with van der Waals surface area (Å²) in [7, 11) is 1.69. The first-order chi connectivity index (χ1) is 11.2. The standard InChI is InChI=1S/C19H23N3O/c1-13-5-7-15-18(11-13)22-17-8-6-14(23-2)12-16(17)19(15)21-10-4-3-9-20/h5-8,11-12H,3-4,9-10,20H2,1-2H3,(H,21,22). The lowest BCUT2D eigenvalue weighted by molar-refractivity contribution is 0.415. The van der Waals surface area contributed by atoms with Crippen LogP contribution in [0.15, 0.2) is 36.4 Å². The number of unbranched alkanes of at least 4 members (excludes halogenated alkanes) is 1. The van der Waals surface area contributed by atoms with E-state index >= 15 is 0 Å². The van der Waals surface area contributed by atoms with Gasteiger partial charge in [0.25, 0.3) is 0 Å². The number of benzene rings is 2. The Hall–Kier alpha value is -2.33. The third-order valence-corrected chi connectivity index (χ3v) is 4.07. The molecule has 0 radical (unpaired) electrons. The van der Waals surface area contributed by atoms with Gasteiger partial charge in [0.1, 0.15) is 5.75 Å². The lowest BCUT2D eigenvalue weighted by Crippen LogP contribution is -2.06. The Bertz CT molecular complexity index is 830. The number of nitrogens with zero attached hydrogens (tertiary/aromatic N) is 1. The molecule has 2 aromatic carbocycles. The lowest BCUT2D eigenvalue weighted by atomic mass is 10.1. The second-order valence-electron chi connectivity index (χ2n) is 5.81. The summed E-state index contributed by atoms with van der Waals surface area (Å²) in [6.45, 7) is 3.72. The molecule has 3 N–H and O–H groups in total. The maximum absolute atomic E-state index is 5.59. The quantitative estimate of drug-likeness (QED) is 0.536. The zero-order valence-corrected chi connectivity index (χ0v) is 13.7. The SMILES string of the molecule is COc1ccc2nc3cc(C)ccc3c(NCCCCN)c2c1. The van der Waals surface area contributed by atoms with E-state index in [1.165, 1.54) is 5.56 Å². The lowest BCUT2D eigenvalue weighted by Gasteiger charge is -2.14. The first kappa shape index (κ1) is 15.6. The molecule has 0 spiro atoms. The van der Waals surface area contributed by atoms with Gasteiger partial charge in [-0.1, -0.05) is 12.1 Å². The Balaban J connectivity index is 2.14. The number of hydrogen-bond donors (Lipinski definition) is 2. The second kappa shape index (κ2) is 6.84. The van der Waals surface area contributed by atoms with Gasteiger partial charge in [-0.15, -0.1) is 0 Å². The zero-order valence-electron chi connectivity index (χ0n) is 13.7. The molecule has 0 amide bonds. The molecule has 3 aromatic rings. The van der Waals surface area contributed by atoms with E-state index in [0.717, 1.165) is 59.2 Å². The van der Waals surface area contributed by atoms with E-state index in [1.807, 2.05) is 18.2 Å². The van der Waals surface area contributed by atoms with E-state index in [2.05, 4.69) is 30.4 Å². The molecular weight excluding hydrogens is 286 g/mol. The second-order valence-corrected chi connectivity index (χ2v) is 5.81. The first-order valence-electron chi connectivity index (χ1n) is 8.05. The predicted molar refractivity (Wildman–Crippen MR) is 97.3 cm³/mol. The van der Waals surface area contributed by atoms with Gasteiger partial charge in [-0.2, -0.15) is 0 Å². The normalized spacial score (nSPS) is 11.1. The van der Waals surface area contributed by atoms with Gasteiger partial charge < -0.3 is 15.8 Å². The highest BCUT2D eigenvalue weighted by molar-refractivity contribution is 6.07. The highest BCUT2D eigenvalue weighted by Crippen LogP contribution is 2.33. The molecule has 0 atom stereocenters. The highest BCUT2D eigenvalue weighted by Gasteiger charge is 2.10. The van der Waals surface area contributed by atoms with Gasteiger partial charge in [0.2, 0.25) is 0 Å². The number of fused-ring (bicyclic) bond motifs is 2. The molecule has 4 nitrogen and oxygen atoms in total. The Morgan fingerprint density at radius 1 is 1.04 bits per heavy atom. The summed E-state index contributed by atoms with van der Waals surface area (Å²) < 4.78 is 5.38. The van der Waals surface area contributed by atoms with Crippen LogP contribution in [-0.2, 0) is 0 Å². The Labute approximate surface area is 136 Å². The summed E-state index contributed by atoms with van der Waals surface area (Å²) >= 11 is 0. The maximum atomic E-state index is 5.59. The van der Waals surface area contributed by atoms with E-state index in [-0.39, 0.29) is 0 Å². The molecule has 0 aliphatic heterocycles. The number of anilines is 1. The van der Waals surface area contributed by atoms with Gasteiger partial charge in [-0.05, 0) is 56.1 Å². The average molecular weight is 309 g/mol. The van der Waals surface area contributed by atoms with Crippen molar-refractivity contribution < 1.29 is 4.74 Å². The van der Waals surface area contributed by atoms with Crippen LogP contribution >= 0.6 is 0 Å². The van der Waals surface area contributed by atoms with Crippen LogP contribution in [0, 0.1) is 6.92 Å². The molecule has 0 aliphatic carbocycles. The van der Waals surface area contributed by atoms with Gasteiger partial charge in [0, 0.05) is 17.3 Å². The topological polar surface area (TPSA) is 60.2 Å². The van der Waals surface area contributed by atoms with Gasteiger partial charge >= 0.3 is 0 Å². The van der Waals surface area contributed by atoms with Crippen LogP contribution in [0.4, 0.5) is 5.69 Å². The van der Waals surface area contributed by atoms with Crippen molar-refractivity contribution >= 4 is 27.5 Å². The van der Waals surface area contributed by atoms with Crippen LogP contribution in [0.1, 0.15) is 18.4 Å². The number of ether oxygens (including phenoxy) is 1. The maximum Gasteiger partial charge on any atom is 0.119 e. The van der Waals surface area contributed by atoms with E-state index in [4.69, 9.17) is 15.5 Å². The highest BCUT2D eigenvalue weighted by atomic mass is 16.5. The largest absolute Gasteiger partial charge is 0.497 e. The monoisotopic (exact) mass is 309 g/mol.